The molecule has 6 nitrogen and oxygen atoms in total. The lowest BCUT2D eigenvalue weighted by atomic mass is 10.4. The second-order valence-corrected chi connectivity index (χ2v) is 2.63. The molecule has 12 heavy (non-hydrogen) atoms. The molecule has 0 rings (SSSR count). The standard InChI is InChI=1S/C5H7NO5S/c1-2(7)6-12-5(11)3(8)4(9)10/h3,8H,1H3,(H,6,7)(H,9,10). The SMILES string of the molecule is CC(=O)NSC(=O)C(O)C(=O)O. The Balaban J connectivity index is 3.88. The number of carbonyl (C=O) groups excluding carboxylic acids is 2. The van der Waals surface area contributed by atoms with E-state index in [9.17, 15) is 14.4 Å². The Bertz CT molecular complexity index is 216. The first-order valence-corrected chi connectivity index (χ1v) is 3.65. The van der Waals surface area contributed by atoms with E-state index in [-0.39, 0.29) is 11.9 Å². The van der Waals surface area contributed by atoms with Crippen LogP contribution in [0.2, 0.25) is 0 Å². The van der Waals surface area contributed by atoms with Crippen molar-refractivity contribution in [2.45, 2.75) is 13.0 Å². The molecule has 0 aromatic carbocycles. The van der Waals surface area contributed by atoms with E-state index in [1.807, 2.05) is 4.72 Å². The van der Waals surface area contributed by atoms with Crippen LogP contribution in [0.5, 0.6) is 0 Å². The number of amides is 1. The Morgan fingerprint density at radius 1 is 1.42 bits per heavy atom. The fraction of sp³-hybridized carbons (Fsp3) is 0.400. The van der Waals surface area contributed by atoms with Crippen LogP contribution in [0.4, 0.5) is 0 Å². The molecule has 0 saturated heterocycles. The quantitative estimate of drug-likeness (QED) is 0.373. The minimum atomic E-state index is -2.10. The summed E-state index contributed by atoms with van der Waals surface area (Å²) in [5.74, 6) is -2.14. The maximum atomic E-state index is 10.6. The van der Waals surface area contributed by atoms with E-state index in [4.69, 9.17) is 10.2 Å². The van der Waals surface area contributed by atoms with Crippen molar-refractivity contribution in [2.75, 3.05) is 0 Å². The molecule has 0 aromatic rings. The van der Waals surface area contributed by atoms with Crippen molar-refractivity contribution in [3.05, 3.63) is 0 Å². The van der Waals surface area contributed by atoms with Crippen molar-refractivity contribution in [3.8, 4) is 0 Å². The Kier molecular flexibility index (Phi) is 4.30. The summed E-state index contributed by atoms with van der Waals surface area (Å²) in [6.07, 6.45) is -2.10. The van der Waals surface area contributed by atoms with Gasteiger partial charge < -0.3 is 10.2 Å². The summed E-state index contributed by atoms with van der Waals surface area (Å²) in [6.45, 7) is 1.16. The summed E-state index contributed by atoms with van der Waals surface area (Å²) in [6, 6.07) is 0. The number of carbonyl (C=O) groups is 3. The molecular formula is C5H7NO5S. The van der Waals surface area contributed by atoms with Crippen molar-refractivity contribution < 1.29 is 24.6 Å². The summed E-state index contributed by atoms with van der Waals surface area (Å²) in [7, 11) is 0. The highest BCUT2D eigenvalue weighted by Gasteiger charge is 2.23. The zero-order chi connectivity index (χ0) is 9.72. The summed E-state index contributed by atoms with van der Waals surface area (Å²) < 4.78 is 1.99. The molecule has 0 aliphatic heterocycles. The van der Waals surface area contributed by atoms with E-state index in [2.05, 4.69) is 0 Å². The normalized spacial score (nSPS) is 11.8. The van der Waals surface area contributed by atoms with Crippen LogP contribution in [0.1, 0.15) is 6.92 Å². The number of aliphatic carboxylic acids is 1. The number of carboxylic acid groups (broad SMARTS) is 1. The van der Waals surface area contributed by atoms with Gasteiger partial charge in [-0.05, 0) is 0 Å². The average molecular weight is 193 g/mol. The fourth-order valence-electron chi connectivity index (χ4n) is 0.279. The number of aliphatic hydroxyl groups is 1. The Morgan fingerprint density at radius 2 is 1.92 bits per heavy atom. The molecule has 0 bridgehead atoms. The van der Waals surface area contributed by atoms with Gasteiger partial charge in [0.15, 0.2) is 0 Å². The van der Waals surface area contributed by atoms with Crippen LogP contribution in [0.15, 0.2) is 0 Å². The second-order valence-electron chi connectivity index (χ2n) is 1.82. The highest BCUT2D eigenvalue weighted by molar-refractivity contribution is 8.12. The maximum Gasteiger partial charge on any atom is 0.341 e. The molecule has 0 radical (unpaired) electrons. The minimum absolute atomic E-state index is 0.252. The molecule has 1 atom stereocenters. The maximum absolute atomic E-state index is 10.6. The highest BCUT2D eigenvalue weighted by atomic mass is 32.2. The summed E-state index contributed by atoms with van der Waals surface area (Å²) in [5.41, 5.74) is 0. The van der Waals surface area contributed by atoms with E-state index in [1.165, 1.54) is 0 Å². The van der Waals surface area contributed by atoms with Gasteiger partial charge in [0.2, 0.25) is 17.1 Å². The first kappa shape index (κ1) is 10.9. The smallest absolute Gasteiger partial charge is 0.341 e. The van der Waals surface area contributed by atoms with Gasteiger partial charge in [-0.25, -0.2) is 4.79 Å². The van der Waals surface area contributed by atoms with E-state index >= 15 is 0 Å². The largest absolute Gasteiger partial charge is 0.479 e. The van der Waals surface area contributed by atoms with Gasteiger partial charge in [0.25, 0.3) is 0 Å². The zero-order valence-corrected chi connectivity index (χ0v) is 6.92. The number of hydrogen-bond donors (Lipinski definition) is 3. The van der Waals surface area contributed by atoms with Gasteiger partial charge in [-0.2, -0.15) is 0 Å². The van der Waals surface area contributed by atoms with Crippen molar-refractivity contribution >= 4 is 28.9 Å². The molecule has 0 aliphatic carbocycles. The van der Waals surface area contributed by atoms with Crippen molar-refractivity contribution in [1.82, 2.24) is 4.72 Å². The van der Waals surface area contributed by atoms with Crippen molar-refractivity contribution in [3.63, 3.8) is 0 Å². The summed E-state index contributed by atoms with van der Waals surface area (Å²) >= 11 is 0.252. The van der Waals surface area contributed by atoms with E-state index in [1.54, 1.807) is 0 Å². The second kappa shape index (κ2) is 4.73. The van der Waals surface area contributed by atoms with Crippen LogP contribution < -0.4 is 4.72 Å². The number of aliphatic hydroxyl groups excluding tert-OH is 1. The van der Waals surface area contributed by atoms with E-state index in [0.717, 1.165) is 6.92 Å². The Labute approximate surface area is 72.1 Å². The topological polar surface area (TPSA) is 104 Å². The number of nitrogens with one attached hydrogen (secondary N) is 1. The first-order valence-electron chi connectivity index (χ1n) is 2.83. The Morgan fingerprint density at radius 3 is 2.25 bits per heavy atom. The van der Waals surface area contributed by atoms with Gasteiger partial charge in [0.1, 0.15) is 0 Å². The summed E-state index contributed by atoms with van der Waals surface area (Å²) in [4.78, 5) is 30.8. The third kappa shape index (κ3) is 3.94. The highest BCUT2D eigenvalue weighted by Crippen LogP contribution is 2.00. The molecule has 0 saturated carbocycles. The predicted octanol–water partition coefficient (Wildman–Crippen LogP) is -1.26. The van der Waals surface area contributed by atoms with Crippen LogP contribution in [0.25, 0.3) is 0 Å². The van der Waals surface area contributed by atoms with E-state index in [0.29, 0.717) is 0 Å². The molecule has 1 unspecified atom stereocenters. The van der Waals surface area contributed by atoms with Crippen LogP contribution >= 0.6 is 11.9 Å². The number of hydrogen-bond acceptors (Lipinski definition) is 5. The van der Waals surface area contributed by atoms with Crippen molar-refractivity contribution in [1.29, 1.82) is 0 Å². The molecule has 68 valence electrons. The van der Waals surface area contributed by atoms with Crippen LogP contribution in [0.3, 0.4) is 0 Å². The van der Waals surface area contributed by atoms with Gasteiger partial charge in [0, 0.05) is 18.9 Å². The third-order valence-electron chi connectivity index (χ3n) is 0.753. The zero-order valence-electron chi connectivity index (χ0n) is 6.10. The molecule has 0 spiro atoms. The molecule has 0 aliphatic rings. The molecule has 7 heteroatoms. The molecule has 0 aromatic heterocycles. The monoisotopic (exact) mass is 193 g/mol. The van der Waals surface area contributed by atoms with Gasteiger partial charge in [-0.3, -0.25) is 14.3 Å². The van der Waals surface area contributed by atoms with Gasteiger partial charge >= 0.3 is 5.97 Å². The predicted molar refractivity (Wildman–Crippen MR) is 40.1 cm³/mol. The first-order chi connectivity index (χ1) is 5.45. The molecule has 1 amide bonds. The van der Waals surface area contributed by atoms with Gasteiger partial charge in [0.05, 0.1) is 0 Å². The van der Waals surface area contributed by atoms with Crippen LogP contribution in [0, 0.1) is 0 Å². The van der Waals surface area contributed by atoms with Gasteiger partial charge in [-0.1, -0.05) is 0 Å². The minimum Gasteiger partial charge on any atom is -0.479 e. The molecule has 0 fully saturated rings. The van der Waals surface area contributed by atoms with Crippen LogP contribution in [-0.2, 0) is 14.4 Å². The third-order valence-corrected chi connectivity index (χ3v) is 1.57. The molecular weight excluding hydrogens is 186 g/mol. The number of rotatable bonds is 2. The van der Waals surface area contributed by atoms with Gasteiger partial charge in [-0.15, -0.1) is 0 Å². The number of carboxylic acids is 1. The van der Waals surface area contributed by atoms with Crippen LogP contribution in [-0.4, -0.2) is 33.3 Å². The lowest BCUT2D eigenvalue weighted by molar-refractivity contribution is -0.149. The average Bonchev–Trinajstić information content (AvgIpc) is 1.98. The molecule has 0 heterocycles. The summed E-state index contributed by atoms with van der Waals surface area (Å²) in [5, 5.41) is 15.7. The Hall–Kier alpha value is -1.08. The lowest BCUT2D eigenvalue weighted by Gasteiger charge is -2.02. The van der Waals surface area contributed by atoms with Crippen molar-refractivity contribution in [2.24, 2.45) is 0 Å². The molecule has 3 N–H and O–H groups in total. The fourth-order valence-corrected chi connectivity index (χ4v) is 0.736. The lowest BCUT2D eigenvalue weighted by Crippen LogP contribution is -2.30. The van der Waals surface area contributed by atoms with E-state index < -0.39 is 23.1 Å².